The first kappa shape index (κ1) is 19.0. The van der Waals surface area contributed by atoms with Crippen molar-refractivity contribution in [2.75, 3.05) is 26.2 Å². The highest BCUT2D eigenvalue weighted by atomic mass is 32.2. The van der Waals surface area contributed by atoms with Crippen molar-refractivity contribution >= 4 is 37.4 Å². The van der Waals surface area contributed by atoms with Crippen molar-refractivity contribution in [1.29, 1.82) is 0 Å². The van der Waals surface area contributed by atoms with E-state index in [1.807, 2.05) is 6.92 Å². The summed E-state index contributed by atoms with van der Waals surface area (Å²) < 4.78 is 41.6. The van der Waals surface area contributed by atoms with Gasteiger partial charge in [0.1, 0.15) is 5.82 Å². The van der Waals surface area contributed by atoms with E-state index in [0.717, 1.165) is 10.3 Å². The van der Waals surface area contributed by atoms with E-state index in [2.05, 4.69) is 0 Å². The molecule has 0 saturated carbocycles. The largest absolute Gasteiger partial charge is 0.335 e. The number of sulfonamides is 1. The van der Waals surface area contributed by atoms with E-state index in [0.29, 0.717) is 23.4 Å². The predicted octanol–water partition coefficient (Wildman–Crippen LogP) is 3.50. The summed E-state index contributed by atoms with van der Waals surface area (Å²) >= 11 is 1.25. The van der Waals surface area contributed by atoms with Gasteiger partial charge < -0.3 is 4.90 Å². The van der Waals surface area contributed by atoms with Crippen molar-refractivity contribution in [2.24, 2.45) is 0 Å². The molecule has 5 nitrogen and oxygen atoms in total. The lowest BCUT2D eigenvalue weighted by Gasteiger charge is -2.33. The van der Waals surface area contributed by atoms with Gasteiger partial charge in [-0.3, -0.25) is 4.79 Å². The van der Waals surface area contributed by atoms with Crippen LogP contribution in [0.2, 0.25) is 0 Å². The van der Waals surface area contributed by atoms with Crippen LogP contribution < -0.4 is 0 Å². The van der Waals surface area contributed by atoms with Crippen LogP contribution in [0.5, 0.6) is 0 Å². The van der Waals surface area contributed by atoms with Crippen LogP contribution in [0.25, 0.3) is 10.1 Å². The van der Waals surface area contributed by atoms with Gasteiger partial charge in [0.25, 0.3) is 5.91 Å². The maximum atomic E-state index is 13.9. The van der Waals surface area contributed by atoms with Gasteiger partial charge in [0.2, 0.25) is 10.0 Å². The SMILES string of the molecule is Cc1ccc(S(=O)(=O)N2CCN(C(=O)c3cc4c(F)cccc4s3)CC2)cc1. The van der Waals surface area contributed by atoms with Crippen LogP contribution in [0, 0.1) is 12.7 Å². The predicted molar refractivity (Wildman–Crippen MR) is 108 cm³/mol. The van der Waals surface area contributed by atoms with Gasteiger partial charge in [-0.1, -0.05) is 23.8 Å². The topological polar surface area (TPSA) is 57.7 Å². The van der Waals surface area contributed by atoms with Crippen molar-refractivity contribution in [3.63, 3.8) is 0 Å². The lowest BCUT2D eigenvalue weighted by molar-refractivity contribution is 0.0703. The minimum atomic E-state index is -3.57. The van der Waals surface area contributed by atoms with Gasteiger partial charge in [-0.2, -0.15) is 4.31 Å². The first-order valence-electron chi connectivity index (χ1n) is 8.90. The molecule has 146 valence electrons. The van der Waals surface area contributed by atoms with Crippen LogP contribution >= 0.6 is 11.3 Å². The fourth-order valence-electron chi connectivity index (χ4n) is 3.28. The summed E-state index contributed by atoms with van der Waals surface area (Å²) in [5.41, 5.74) is 0.995. The molecule has 1 amide bonds. The van der Waals surface area contributed by atoms with Crippen LogP contribution in [0.4, 0.5) is 4.39 Å². The summed E-state index contributed by atoms with van der Waals surface area (Å²) in [6.45, 7) is 2.99. The molecule has 2 aromatic carbocycles. The standard InChI is InChI=1S/C20H19FN2O3S2/c1-14-5-7-15(8-6-14)28(25,26)23-11-9-22(10-12-23)20(24)19-13-16-17(21)3-2-4-18(16)27-19/h2-8,13H,9-12H2,1H3. The number of carbonyl (C=O) groups is 1. The molecular weight excluding hydrogens is 399 g/mol. The molecule has 2 heterocycles. The minimum Gasteiger partial charge on any atom is -0.335 e. The number of hydrogen-bond donors (Lipinski definition) is 0. The number of fused-ring (bicyclic) bond motifs is 1. The second kappa shape index (κ2) is 7.27. The monoisotopic (exact) mass is 418 g/mol. The van der Waals surface area contributed by atoms with Gasteiger partial charge in [-0.25, -0.2) is 12.8 Å². The molecule has 4 rings (SSSR count). The summed E-state index contributed by atoms with van der Waals surface area (Å²) in [4.78, 5) is 15.1. The Bertz CT molecular complexity index is 1130. The Kier molecular flexibility index (Phi) is 4.95. The molecule has 0 unspecified atom stereocenters. The van der Waals surface area contributed by atoms with Crippen LogP contribution in [0.3, 0.4) is 0 Å². The minimum absolute atomic E-state index is 0.187. The number of piperazine rings is 1. The van der Waals surface area contributed by atoms with Gasteiger partial charge in [0.15, 0.2) is 0 Å². The highest BCUT2D eigenvalue weighted by molar-refractivity contribution is 7.89. The first-order valence-corrected chi connectivity index (χ1v) is 11.2. The molecule has 0 bridgehead atoms. The molecule has 3 aromatic rings. The molecular formula is C20H19FN2O3S2. The maximum Gasteiger partial charge on any atom is 0.264 e. The number of benzene rings is 2. The van der Waals surface area contributed by atoms with E-state index in [1.165, 1.54) is 21.7 Å². The normalized spacial score (nSPS) is 15.9. The van der Waals surface area contributed by atoms with Gasteiger partial charge in [0.05, 0.1) is 9.77 Å². The van der Waals surface area contributed by atoms with Crippen molar-refractivity contribution in [3.05, 3.63) is 64.8 Å². The van der Waals surface area contributed by atoms with Crippen molar-refractivity contribution in [2.45, 2.75) is 11.8 Å². The fourth-order valence-corrected chi connectivity index (χ4v) is 5.74. The van der Waals surface area contributed by atoms with E-state index < -0.39 is 10.0 Å². The van der Waals surface area contributed by atoms with Gasteiger partial charge in [0, 0.05) is 36.3 Å². The third-order valence-electron chi connectivity index (χ3n) is 4.90. The molecule has 0 spiro atoms. The Hall–Kier alpha value is -2.29. The molecule has 1 aromatic heterocycles. The first-order chi connectivity index (χ1) is 13.4. The highest BCUT2D eigenvalue weighted by Gasteiger charge is 2.31. The second-order valence-electron chi connectivity index (χ2n) is 6.77. The van der Waals surface area contributed by atoms with Crippen molar-refractivity contribution in [1.82, 2.24) is 9.21 Å². The van der Waals surface area contributed by atoms with Gasteiger partial charge >= 0.3 is 0 Å². The molecule has 0 N–H and O–H groups in total. The van der Waals surface area contributed by atoms with E-state index in [9.17, 15) is 17.6 Å². The number of halogens is 1. The number of rotatable bonds is 3. The Morgan fingerprint density at radius 1 is 1.04 bits per heavy atom. The number of aryl methyl sites for hydroxylation is 1. The molecule has 28 heavy (non-hydrogen) atoms. The summed E-state index contributed by atoms with van der Waals surface area (Å²) in [6, 6.07) is 13.1. The quantitative estimate of drug-likeness (QED) is 0.654. The van der Waals surface area contributed by atoms with Crippen LogP contribution in [0.1, 0.15) is 15.2 Å². The number of hydrogen-bond acceptors (Lipinski definition) is 4. The zero-order valence-corrected chi connectivity index (χ0v) is 16.9. The molecule has 1 aliphatic rings. The number of amides is 1. The molecule has 1 aliphatic heterocycles. The summed E-state index contributed by atoms with van der Waals surface area (Å²) in [6.07, 6.45) is 0. The molecule has 1 saturated heterocycles. The maximum absolute atomic E-state index is 13.9. The summed E-state index contributed by atoms with van der Waals surface area (Å²) in [5.74, 6) is -0.533. The molecule has 1 fully saturated rings. The number of carbonyl (C=O) groups excluding carboxylic acids is 1. The van der Waals surface area contributed by atoms with Gasteiger partial charge in [-0.15, -0.1) is 11.3 Å². The Labute approximate surface area is 167 Å². The van der Waals surface area contributed by atoms with Crippen LogP contribution in [-0.2, 0) is 10.0 Å². The molecule has 0 aliphatic carbocycles. The molecule has 8 heteroatoms. The zero-order chi connectivity index (χ0) is 19.9. The van der Waals surface area contributed by atoms with E-state index >= 15 is 0 Å². The molecule has 0 atom stereocenters. The van der Waals surface area contributed by atoms with E-state index in [-0.39, 0.29) is 29.7 Å². The second-order valence-corrected chi connectivity index (χ2v) is 9.79. The average Bonchev–Trinajstić information content (AvgIpc) is 3.14. The van der Waals surface area contributed by atoms with Crippen LogP contribution in [0.15, 0.2) is 53.4 Å². The smallest absolute Gasteiger partial charge is 0.264 e. The summed E-state index contributed by atoms with van der Waals surface area (Å²) in [5, 5.41) is 0.441. The third-order valence-corrected chi connectivity index (χ3v) is 7.90. The van der Waals surface area contributed by atoms with Crippen molar-refractivity contribution in [3.8, 4) is 0 Å². The Morgan fingerprint density at radius 3 is 2.36 bits per heavy atom. The molecule has 0 radical (unpaired) electrons. The van der Waals surface area contributed by atoms with E-state index in [4.69, 9.17) is 0 Å². The summed E-state index contributed by atoms with van der Waals surface area (Å²) in [7, 11) is -3.57. The Balaban J connectivity index is 1.48. The lowest BCUT2D eigenvalue weighted by atomic mass is 10.2. The van der Waals surface area contributed by atoms with Gasteiger partial charge in [-0.05, 0) is 37.3 Å². The number of thiophene rings is 1. The highest BCUT2D eigenvalue weighted by Crippen LogP contribution is 2.29. The average molecular weight is 419 g/mol. The Morgan fingerprint density at radius 2 is 1.71 bits per heavy atom. The fraction of sp³-hybridized carbons (Fsp3) is 0.250. The zero-order valence-electron chi connectivity index (χ0n) is 15.3. The van der Waals surface area contributed by atoms with E-state index in [1.54, 1.807) is 47.4 Å². The number of nitrogens with zero attached hydrogens (tertiary/aromatic N) is 2. The lowest BCUT2D eigenvalue weighted by Crippen LogP contribution is -2.50. The van der Waals surface area contributed by atoms with Crippen molar-refractivity contribution < 1.29 is 17.6 Å². The van der Waals surface area contributed by atoms with Crippen LogP contribution in [-0.4, -0.2) is 49.7 Å². The third kappa shape index (κ3) is 3.43.